The van der Waals surface area contributed by atoms with Crippen LogP contribution in [0.4, 0.5) is 0 Å². The van der Waals surface area contributed by atoms with Crippen molar-refractivity contribution < 1.29 is 0 Å². The van der Waals surface area contributed by atoms with Gasteiger partial charge in [0.1, 0.15) is 0 Å². The smallest absolute Gasteiger partial charge is 0.0645 e. The van der Waals surface area contributed by atoms with Crippen molar-refractivity contribution in [3.63, 3.8) is 0 Å². The molecule has 1 aromatic heterocycles. The number of nitrogens with zero attached hydrogens (tertiary/aromatic N) is 3. The maximum Gasteiger partial charge on any atom is 0.0645 e. The fraction of sp³-hybridized carbons (Fsp3) is 0.471. The first-order chi connectivity index (χ1) is 9.86. The summed E-state index contributed by atoms with van der Waals surface area (Å²) < 4.78 is 1.90. The van der Waals surface area contributed by atoms with Gasteiger partial charge in [-0.05, 0) is 49.6 Å². The molecule has 1 aliphatic heterocycles. The lowest BCUT2D eigenvalue weighted by Crippen LogP contribution is -2.38. The zero-order chi connectivity index (χ0) is 13.8. The lowest BCUT2D eigenvalue weighted by atomic mass is 9.99. The molecular formula is C17H23N3. The molecule has 1 saturated heterocycles. The molecule has 0 unspecified atom stereocenters. The molecule has 0 spiro atoms. The standard InChI is InChI=1S/C17H23N3/c1-2-16-6-3-4-12-19(16)14-15-7-9-17(10-8-15)20-13-5-11-18-20/h5,7-11,13,16H,2-4,6,12,14H2,1H3/t16-/m1/s1. The number of hydrogen-bond acceptors (Lipinski definition) is 2. The fourth-order valence-corrected chi connectivity index (χ4v) is 3.14. The Morgan fingerprint density at radius 3 is 2.75 bits per heavy atom. The summed E-state index contributed by atoms with van der Waals surface area (Å²) in [5.41, 5.74) is 2.53. The molecule has 3 rings (SSSR count). The van der Waals surface area contributed by atoms with Crippen molar-refractivity contribution in [3.8, 4) is 5.69 Å². The predicted octanol–water partition coefficient (Wildman–Crippen LogP) is 3.64. The van der Waals surface area contributed by atoms with Crippen LogP contribution in [0.5, 0.6) is 0 Å². The first-order valence-electron chi connectivity index (χ1n) is 7.70. The second-order valence-electron chi connectivity index (χ2n) is 5.65. The first kappa shape index (κ1) is 13.4. The molecule has 20 heavy (non-hydrogen) atoms. The van der Waals surface area contributed by atoms with Gasteiger partial charge in [-0.1, -0.05) is 25.5 Å². The molecule has 1 aromatic carbocycles. The Morgan fingerprint density at radius 1 is 1.20 bits per heavy atom. The molecular weight excluding hydrogens is 246 g/mol. The first-order valence-corrected chi connectivity index (χ1v) is 7.70. The van der Waals surface area contributed by atoms with Crippen molar-refractivity contribution in [2.24, 2.45) is 0 Å². The van der Waals surface area contributed by atoms with Crippen molar-refractivity contribution >= 4 is 0 Å². The van der Waals surface area contributed by atoms with Gasteiger partial charge in [0.15, 0.2) is 0 Å². The van der Waals surface area contributed by atoms with Gasteiger partial charge in [-0.3, -0.25) is 4.90 Å². The average molecular weight is 269 g/mol. The third-order valence-corrected chi connectivity index (χ3v) is 4.31. The van der Waals surface area contributed by atoms with Crippen LogP contribution in [0.25, 0.3) is 5.69 Å². The highest BCUT2D eigenvalue weighted by atomic mass is 15.3. The van der Waals surface area contributed by atoms with Gasteiger partial charge in [0.25, 0.3) is 0 Å². The Hall–Kier alpha value is -1.61. The fourth-order valence-electron chi connectivity index (χ4n) is 3.14. The number of benzene rings is 1. The number of piperidine rings is 1. The van der Waals surface area contributed by atoms with Gasteiger partial charge in [0.2, 0.25) is 0 Å². The largest absolute Gasteiger partial charge is 0.296 e. The maximum atomic E-state index is 4.26. The normalized spacial score (nSPS) is 20.1. The quantitative estimate of drug-likeness (QED) is 0.845. The molecule has 0 radical (unpaired) electrons. The van der Waals surface area contributed by atoms with E-state index in [0.717, 1.165) is 18.3 Å². The molecule has 1 fully saturated rings. The monoisotopic (exact) mass is 269 g/mol. The summed E-state index contributed by atoms with van der Waals surface area (Å²) in [4.78, 5) is 2.65. The van der Waals surface area contributed by atoms with Crippen LogP contribution >= 0.6 is 0 Å². The zero-order valence-corrected chi connectivity index (χ0v) is 12.2. The van der Waals surface area contributed by atoms with Gasteiger partial charge in [-0.25, -0.2) is 4.68 Å². The Labute approximate surface area is 121 Å². The predicted molar refractivity (Wildman–Crippen MR) is 81.9 cm³/mol. The van der Waals surface area contributed by atoms with E-state index in [4.69, 9.17) is 0 Å². The summed E-state index contributed by atoms with van der Waals surface area (Å²) in [6, 6.07) is 11.5. The van der Waals surface area contributed by atoms with Gasteiger partial charge < -0.3 is 0 Å². The zero-order valence-electron chi connectivity index (χ0n) is 12.2. The second-order valence-corrected chi connectivity index (χ2v) is 5.65. The molecule has 3 heteroatoms. The molecule has 1 aliphatic rings. The van der Waals surface area contributed by atoms with Crippen molar-refractivity contribution in [1.29, 1.82) is 0 Å². The van der Waals surface area contributed by atoms with Crippen LogP contribution < -0.4 is 0 Å². The van der Waals surface area contributed by atoms with Crippen LogP contribution in [-0.2, 0) is 6.54 Å². The number of aromatic nitrogens is 2. The van der Waals surface area contributed by atoms with Gasteiger partial charge in [-0.15, -0.1) is 0 Å². The van der Waals surface area contributed by atoms with E-state index >= 15 is 0 Å². The van der Waals surface area contributed by atoms with E-state index in [0.29, 0.717) is 0 Å². The van der Waals surface area contributed by atoms with Gasteiger partial charge in [0.05, 0.1) is 5.69 Å². The van der Waals surface area contributed by atoms with E-state index in [1.165, 1.54) is 37.8 Å². The van der Waals surface area contributed by atoms with Gasteiger partial charge in [-0.2, -0.15) is 5.10 Å². The van der Waals surface area contributed by atoms with Crippen LogP contribution in [0.15, 0.2) is 42.7 Å². The van der Waals surface area contributed by atoms with E-state index in [-0.39, 0.29) is 0 Å². The average Bonchev–Trinajstić information content (AvgIpc) is 3.03. The van der Waals surface area contributed by atoms with E-state index < -0.39 is 0 Å². The molecule has 1 atom stereocenters. The van der Waals surface area contributed by atoms with Crippen LogP contribution in [0.1, 0.15) is 38.2 Å². The minimum absolute atomic E-state index is 0.773. The molecule has 0 aliphatic carbocycles. The SMILES string of the molecule is CC[C@@H]1CCCCN1Cc1ccc(-n2cccn2)cc1. The number of hydrogen-bond donors (Lipinski definition) is 0. The van der Waals surface area contributed by atoms with Crippen molar-refractivity contribution in [1.82, 2.24) is 14.7 Å². The minimum Gasteiger partial charge on any atom is -0.296 e. The van der Waals surface area contributed by atoms with Crippen LogP contribution in [0.3, 0.4) is 0 Å². The summed E-state index contributed by atoms with van der Waals surface area (Å²) in [6.07, 6.45) is 9.17. The Balaban J connectivity index is 1.68. The summed E-state index contributed by atoms with van der Waals surface area (Å²) in [5.74, 6) is 0. The molecule has 0 saturated carbocycles. The topological polar surface area (TPSA) is 21.1 Å². The summed E-state index contributed by atoms with van der Waals surface area (Å²) in [7, 11) is 0. The highest BCUT2D eigenvalue weighted by molar-refractivity contribution is 5.33. The van der Waals surface area contributed by atoms with E-state index in [9.17, 15) is 0 Å². The molecule has 2 heterocycles. The highest BCUT2D eigenvalue weighted by Crippen LogP contribution is 2.22. The molecule has 106 valence electrons. The molecule has 3 nitrogen and oxygen atoms in total. The molecule has 2 aromatic rings. The van der Waals surface area contributed by atoms with Crippen molar-refractivity contribution in [2.45, 2.75) is 45.2 Å². The summed E-state index contributed by atoms with van der Waals surface area (Å²) in [6.45, 7) is 4.64. The molecule has 0 N–H and O–H groups in total. The minimum atomic E-state index is 0.773. The Morgan fingerprint density at radius 2 is 2.05 bits per heavy atom. The van der Waals surface area contributed by atoms with Crippen LogP contribution in [-0.4, -0.2) is 27.3 Å². The number of likely N-dealkylation sites (tertiary alicyclic amines) is 1. The maximum absolute atomic E-state index is 4.26. The number of rotatable bonds is 4. The third kappa shape index (κ3) is 2.93. The second kappa shape index (κ2) is 6.23. The Kier molecular flexibility index (Phi) is 4.16. The van der Waals surface area contributed by atoms with Crippen molar-refractivity contribution in [3.05, 3.63) is 48.3 Å². The summed E-state index contributed by atoms with van der Waals surface area (Å²) >= 11 is 0. The van der Waals surface area contributed by atoms with E-state index in [1.54, 1.807) is 0 Å². The van der Waals surface area contributed by atoms with E-state index in [2.05, 4.69) is 41.2 Å². The highest BCUT2D eigenvalue weighted by Gasteiger charge is 2.20. The lowest BCUT2D eigenvalue weighted by Gasteiger charge is -2.35. The summed E-state index contributed by atoms with van der Waals surface area (Å²) in [5, 5.41) is 4.26. The molecule has 0 bridgehead atoms. The van der Waals surface area contributed by atoms with E-state index in [1.807, 2.05) is 23.1 Å². The third-order valence-electron chi connectivity index (χ3n) is 4.31. The Bertz CT molecular complexity index is 516. The van der Waals surface area contributed by atoms with Crippen LogP contribution in [0.2, 0.25) is 0 Å². The van der Waals surface area contributed by atoms with Gasteiger partial charge in [0, 0.05) is 25.0 Å². The molecule has 0 amide bonds. The van der Waals surface area contributed by atoms with Gasteiger partial charge >= 0.3 is 0 Å². The van der Waals surface area contributed by atoms with Crippen LogP contribution in [0, 0.1) is 0 Å². The lowest BCUT2D eigenvalue weighted by molar-refractivity contribution is 0.136. The van der Waals surface area contributed by atoms with Crippen molar-refractivity contribution in [2.75, 3.05) is 6.54 Å².